The number of halogens is 6. The molecule has 9 rings (SSSR count). The van der Waals surface area contributed by atoms with Gasteiger partial charge in [0.25, 0.3) is 0 Å². The van der Waals surface area contributed by atoms with E-state index in [9.17, 15) is 17.6 Å². The molecule has 0 spiro atoms. The zero-order valence-corrected chi connectivity index (χ0v) is 29.7. The van der Waals surface area contributed by atoms with Crippen LogP contribution in [0.4, 0.5) is 32.2 Å². The van der Waals surface area contributed by atoms with Crippen LogP contribution >= 0.6 is 0 Å². The predicted molar refractivity (Wildman–Crippen MR) is 187 cm³/mol. The Hall–Kier alpha value is -4.15. The third-order valence-corrected chi connectivity index (χ3v) is 11.9. The number of aromatic nitrogens is 3. The minimum atomic E-state index is -5.25. The van der Waals surface area contributed by atoms with E-state index in [1.807, 2.05) is 0 Å². The van der Waals surface area contributed by atoms with E-state index in [4.69, 9.17) is 24.2 Å². The quantitative estimate of drug-likeness (QED) is 0.150. The summed E-state index contributed by atoms with van der Waals surface area (Å²) in [6, 6.07) is 5.21. The van der Waals surface area contributed by atoms with E-state index in [0.717, 1.165) is 51.1 Å². The lowest BCUT2D eigenvalue weighted by Gasteiger charge is -2.42. The Morgan fingerprint density at radius 1 is 0.981 bits per heavy atom. The number of benzene rings is 2. The molecule has 10 nitrogen and oxygen atoms in total. The van der Waals surface area contributed by atoms with Crippen LogP contribution in [-0.4, -0.2) is 96.2 Å². The second-order valence-corrected chi connectivity index (χ2v) is 15.2. The van der Waals surface area contributed by atoms with E-state index in [1.165, 1.54) is 25.3 Å². The number of nitrogens with zero attached hydrogens (tertiary/aromatic N) is 5. The minimum absolute atomic E-state index is 0.0676. The molecule has 1 N–H and O–H groups in total. The fraction of sp³-hybridized carbons (Fsp3) is 0.553. The van der Waals surface area contributed by atoms with Gasteiger partial charge >= 0.3 is 12.4 Å². The number of pyridine rings is 1. The third-order valence-electron chi connectivity index (χ3n) is 11.9. The summed E-state index contributed by atoms with van der Waals surface area (Å²) in [5.74, 6) is -2.75. The van der Waals surface area contributed by atoms with Crippen LogP contribution in [0.15, 0.2) is 24.3 Å². The number of methoxy groups -OCH3 is 1. The molecule has 5 atom stereocenters. The summed E-state index contributed by atoms with van der Waals surface area (Å²) in [4.78, 5) is 18.8. The molecular formula is C38H40F6N6O4. The second kappa shape index (κ2) is 13.6. The maximum absolute atomic E-state index is 17.5. The van der Waals surface area contributed by atoms with Crippen molar-refractivity contribution in [2.24, 2.45) is 0 Å². The van der Waals surface area contributed by atoms with Gasteiger partial charge in [0.2, 0.25) is 0 Å². The lowest BCUT2D eigenvalue weighted by atomic mass is 9.95. The zero-order chi connectivity index (χ0) is 37.4. The van der Waals surface area contributed by atoms with Gasteiger partial charge in [-0.25, -0.2) is 18.2 Å². The Balaban J connectivity index is 1.27. The molecule has 16 heteroatoms. The SMILES string of the molecule is COCOc1cc(-c2nc3c4c(nc(OC[C@@]56CCCN5C[C@H](F)C6)nc4c2F)N2C[C@H]4CC[C@H](N4)[C@H]2CCCC3)c2c(OC(F)(F)F)c(F)ccc2c1. The molecule has 0 saturated carbocycles. The zero-order valence-electron chi connectivity index (χ0n) is 29.7. The van der Waals surface area contributed by atoms with E-state index in [2.05, 4.69) is 24.8 Å². The Kier molecular flexibility index (Phi) is 8.92. The van der Waals surface area contributed by atoms with E-state index in [1.54, 1.807) is 0 Å². The molecule has 2 bridgehead atoms. The first-order valence-corrected chi connectivity index (χ1v) is 18.6. The first kappa shape index (κ1) is 35.5. The highest BCUT2D eigenvalue weighted by Crippen LogP contribution is 2.46. The van der Waals surface area contributed by atoms with Crippen LogP contribution in [0.25, 0.3) is 32.9 Å². The number of fused-ring (bicyclic) bond motifs is 7. The number of rotatable bonds is 8. The molecule has 5 aliphatic rings. The third kappa shape index (κ3) is 6.23. The first-order chi connectivity index (χ1) is 26.0. The Morgan fingerprint density at radius 3 is 2.69 bits per heavy atom. The Morgan fingerprint density at radius 2 is 1.85 bits per heavy atom. The van der Waals surface area contributed by atoms with Gasteiger partial charge in [0.05, 0.1) is 16.6 Å². The molecule has 54 heavy (non-hydrogen) atoms. The summed E-state index contributed by atoms with van der Waals surface area (Å²) in [5, 5.41) is 3.88. The van der Waals surface area contributed by atoms with Crippen molar-refractivity contribution < 1.29 is 45.3 Å². The molecule has 4 aromatic rings. The van der Waals surface area contributed by atoms with Crippen molar-refractivity contribution in [2.75, 3.05) is 45.0 Å². The van der Waals surface area contributed by atoms with Crippen LogP contribution in [0, 0.1) is 11.6 Å². The molecule has 0 unspecified atom stereocenters. The number of hydrogen-bond donors (Lipinski definition) is 1. The van der Waals surface area contributed by atoms with E-state index in [-0.39, 0.29) is 70.8 Å². The number of aryl methyl sites for hydroxylation is 1. The maximum atomic E-state index is 17.5. The van der Waals surface area contributed by atoms with E-state index < -0.39 is 35.5 Å². The van der Waals surface area contributed by atoms with Gasteiger partial charge in [-0.3, -0.25) is 4.90 Å². The molecular weight excluding hydrogens is 718 g/mol. The van der Waals surface area contributed by atoms with Gasteiger partial charge in [-0.15, -0.1) is 13.2 Å². The van der Waals surface area contributed by atoms with Crippen molar-refractivity contribution in [3.05, 3.63) is 41.6 Å². The van der Waals surface area contributed by atoms with Crippen LogP contribution in [0.2, 0.25) is 0 Å². The smallest absolute Gasteiger partial charge is 0.468 e. The fourth-order valence-corrected chi connectivity index (χ4v) is 9.61. The van der Waals surface area contributed by atoms with Crippen LogP contribution in [0.5, 0.6) is 17.5 Å². The van der Waals surface area contributed by atoms with Crippen LogP contribution in [-0.2, 0) is 11.2 Å². The topological polar surface area (TPSA) is 94.1 Å². The monoisotopic (exact) mass is 758 g/mol. The molecule has 288 valence electrons. The highest BCUT2D eigenvalue weighted by atomic mass is 19.4. The molecule has 5 aliphatic heterocycles. The van der Waals surface area contributed by atoms with E-state index >= 15 is 8.78 Å². The highest BCUT2D eigenvalue weighted by molar-refractivity contribution is 6.04. The average molecular weight is 759 g/mol. The number of nitrogens with one attached hydrogen (secondary N) is 1. The summed E-state index contributed by atoms with van der Waals surface area (Å²) in [7, 11) is 1.40. The van der Waals surface area contributed by atoms with Crippen LogP contribution in [0.3, 0.4) is 0 Å². The van der Waals surface area contributed by atoms with Crippen LogP contribution in [0.1, 0.15) is 57.1 Å². The maximum Gasteiger partial charge on any atom is 0.573 e. The van der Waals surface area contributed by atoms with Crippen LogP contribution < -0.4 is 24.4 Å². The molecule has 0 aliphatic carbocycles. The second-order valence-electron chi connectivity index (χ2n) is 15.2. The van der Waals surface area contributed by atoms with Crippen molar-refractivity contribution in [1.29, 1.82) is 0 Å². The Bertz CT molecular complexity index is 2110. The number of anilines is 1. The highest BCUT2D eigenvalue weighted by Gasteiger charge is 2.50. The van der Waals surface area contributed by atoms with Gasteiger partial charge in [0.15, 0.2) is 24.2 Å². The van der Waals surface area contributed by atoms with Crippen molar-refractivity contribution in [3.8, 4) is 28.8 Å². The standard InChI is InChI=1S/C38H40F6N6O4/c1-51-19-53-23-13-20-7-9-25(40)34(54-38(42,43)44)29(20)24(14-23)32-31(41)33-30-27(46-32)5-2-3-6-28-26-10-8-22(45-26)17-50(28)35(30)48-36(47-33)52-18-37-11-4-12-49(37)16-21(39)15-37/h7,9,13-14,21-22,26,28,45H,2-6,8,10-12,15-19H2,1H3/t21-,22-,26+,28-,37+/m1/s1. The van der Waals surface area contributed by atoms with Gasteiger partial charge in [-0.2, -0.15) is 9.97 Å². The summed E-state index contributed by atoms with van der Waals surface area (Å²) in [6.07, 6.45) is 0.507. The van der Waals surface area contributed by atoms with Gasteiger partial charge < -0.3 is 29.2 Å². The number of piperazine rings is 1. The molecule has 4 saturated heterocycles. The molecule has 0 radical (unpaired) electrons. The van der Waals surface area contributed by atoms with E-state index in [0.29, 0.717) is 49.2 Å². The van der Waals surface area contributed by atoms with Crippen molar-refractivity contribution in [1.82, 2.24) is 25.2 Å². The molecule has 2 aromatic carbocycles. The first-order valence-electron chi connectivity index (χ1n) is 18.6. The molecule has 7 heterocycles. The van der Waals surface area contributed by atoms with Crippen molar-refractivity contribution in [2.45, 2.75) is 94.0 Å². The van der Waals surface area contributed by atoms with Gasteiger partial charge in [-0.05, 0) is 75.1 Å². The van der Waals surface area contributed by atoms with Gasteiger partial charge in [0, 0.05) is 55.7 Å². The lowest BCUT2D eigenvalue weighted by molar-refractivity contribution is -0.275. The summed E-state index contributed by atoms with van der Waals surface area (Å²) < 4.78 is 110. The average Bonchev–Trinajstić information content (AvgIpc) is 3.82. The van der Waals surface area contributed by atoms with Gasteiger partial charge in [-0.1, -0.05) is 12.5 Å². The molecule has 0 amide bonds. The Labute approximate surface area is 307 Å². The fourth-order valence-electron chi connectivity index (χ4n) is 9.61. The summed E-state index contributed by atoms with van der Waals surface area (Å²) in [6.45, 7) is 1.60. The summed E-state index contributed by atoms with van der Waals surface area (Å²) in [5.41, 5.74) is -0.730. The predicted octanol–water partition coefficient (Wildman–Crippen LogP) is 7.00. The number of alkyl halides is 4. The number of ether oxygens (including phenoxy) is 4. The molecule has 4 fully saturated rings. The van der Waals surface area contributed by atoms with Crippen molar-refractivity contribution >= 4 is 27.5 Å². The lowest BCUT2D eigenvalue weighted by Crippen LogP contribution is -2.58. The minimum Gasteiger partial charge on any atom is -0.468 e. The van der Waals surface area contributed by atoms with Crippen molar-refractivity contribution in [3.63, 3.8) is 0 Å². The largest absolute Gasteiger partial charge is 0.573 e. The van der Waals surface area contributed by atoms with Gasteiger partial charge in [0.1, 0.15) is 35.6 Å². The summed E-state index contributed by atoms with van der Waals surface area (Å²) >= 11 is 0. The normalized spacial score (nSPS) is 26.8. The number of hydrogen-bond acceptors (Lipinski definition) is 10. The molecule has 2 aromatic heterocycles.